The van der Waals surface area contributed by atoms with E-state index in [4.69, 9.17) is 0 Å². The number of anilines is 1. The molecule has 2 aromatic carbocycles. The zero-order valence-corrected chi connectivity index (χ0v) is 15.7. The molecule has 0 unspecified atom stereocenters. The van der Waals surface area contributed by atoms with Gasteiger partial charge in [-0.1, -0.05) is 18.2 Å². The summed E-state index contributed by atoms with van der Waals surface area (Å²) in [5.74, 6) is -1.38. The summed E-state index contributed by atoms with van der Waals surface area (Å²) in [7, 11) is 0. The van der Waals surface area contributed by atoms with Gasteiger partial charge in [-0.15, -0.1) is 0 Å². The lowest BCUT2D eigenvalue weighted by molar-refractivity contribution is 0.0945. The minimum Gasteiger partial charge on any atom is -0.346 e. The van der Waals surface area contributed by atoms with Crippen molar-refractivity contribution in [1.82, 2.24) is 20.3 Å². The first-order valence-electron chi connectivity index (χ1n) is 9.11. The Morgan fingerprint density at radius 3 is 2.47 bits per heavy atom. The fraction of sp³-hybridized carbons (Fsp3) is 0.0455. The van der Waals surface area contributed by atoms with Crippen LogP contribution in [0.2, 0.25) is 0 Å². The lowest BCUT2D eigenvalue weighted by Crippen LogP contribution is -2.25. The van der Waals surface area contributed by atoms with Gasteiger partial charge in [0, 0.05) is 18.4 Å². The third kappa shape index (κ3) is 4.27. The number of carbonyl (C=O) groups excluding carboxylic acids is 2. The number of nitrogens with one attached hydrogen (secondary N) is 2. The fourth-order valence-electron chi connectivity index (χ4n) is 2.85. The zero-order valence-electron chi connectivity index (χ0n) is 15.7. The molecule has 8 heteroatoms. The third-order valence-electron chi connectivity index (χ3n) is 4.33. The number of hydrogen-bond acceptors (Lipinski definition) is 5. The number of hydrogen-bond donors (Lipinski definition) is 2. The van der Waals surface area contributed by atoms with Crippen LogP contribution in [0.15, 0.2) is 73.1 Å². The van der Waals surface area contributed by atoms with Crippen LogP contribution in [0.3, 0.4) is 0 Å². The van der Waals surface area contributed by atoms with Gasteiger partial charge in [-0.2, -0.15) is 0 Å². The first-order chi connectivity index (χ1) is 14.6. The van der Waals surface area contributed by atoms with Crippen molar-refractivity contribution in [2.75, 3.05) is 5.32 Å². The van der Waals surface area contributed by atoms with Crippen LogP contribution in [0.25, 0.3) is 11.0 Å². The largest absolute Gasteiger partial charge is 0.346 e. The number of amides is 2. The average Bonchev–Trinajstić information content (AvgIpc) is 2.79. The van der Waals surface area contributed by atoms with Gasteiger partial charge in [0.2, 0.25) is 0 Å². The number of rotatable bonds is 5. The molecule has 0 bridgehead atoms. The number of halogens is 1. The van der Waals surface area contributed by atoms with Crippen LogP contribution in [0.1, 0.15) is 26.5 Å². The molecule has 4 rings (SSSR count). The van der Waals surface area contributed by atoms with Gasteiger partial charge in [0.15, 0.2) is 0 Å². The highest BCUT2D eigenvalue weighted by molar-refractivity contribution is 6.03. The van der Waals surface area contributed by atoms with E-state index in [9.17, 15) is 14.0 Å². The Bertz CT molecular complexity index is 1230. The van der Waals surface area contributed by atoms with Gasteiger partial charge in [-0.3, -0.25) is 19.6 Å². The summed E-state index contributed by atoms with van der Waals surface area (Å²) in [5.41, 5.74) is 2.42. The molecule has 0 radical (unpaired) electrons. The van der Waals surface area contributed by atoms with E-state index in [0.29, 0.717) is 22.3 Å². The van der Waals surface area contributed by atoms with E-state index in [-0.39, 0.29) is 17.9 Å². The van der Waals surface area contributed by atoms with Crippen LogP contribution in [0.5, 0.6) is 0 Å². The summed E-state index contributed by atoms with van der Waals surface area (Å²) in [4.78, 5) is 37.4. The van der Waals surface area contributed by atoms with Crippen LogP contribution < -0.4 is 10.6 Å². The first-order valence-corrected chi connectivity index (χ1v) is 9.11. The molecule has 30 heavy (non-hydrogen) atoms. The monoisotopic (exact) mass is 401 g/mol. The molecule has 0 fully saturated rings. The van der Waals surface area contributed by atoms with Crippen LogP contribution in [0, 0.1) is 5.82 Å². The maximum absolute atomic E-state index is 13.8. The van der Waals surface area contributed by atoms with Crippen molar-refractivity contribution < 1.29 is 14.0 Å². The van der Waals surface area contributed by atoms with E-state index in [0.717, 1.165) is 0 Å². The SMILES string of the molecule is O=C(NCc1cc(F)ccc1NC(=O)c1ccccn1)c1cnc2ccccc2n1. The Kier molecular flexibility index (Phi) is 5.38. The van der Waals surface area contributed by atoms with Gasteiger partial charge in [-0.05, 0) is 48.0 Å². The highest BCUT2D eigenvalue weighted by Gasteiger charge is 2.13. The van der Waals surface area contributed by atoms with Gasteiger partial charge in [-0.25, -0.2) is 9.37 Å². The summed E-state index contributed by atoms with van der Waals surface area (Å²) in [6, 6.07) is 16.1. The van der Waals surface area contributed by atoms with Crippen LogP contribution in [-0.2, 0) is 6.54 Å². The minimum absolute atomic E-state index is 0.0110. The lowest BCUT2D eigenvalue weighted by Gasteiger charge is -2.12. The van der Waals surface area contributed by atoms with Crippen molar-refractivity contribution in [3.63, 3.8) is 0 Å². The third-order valence-corrected chi connectivity index (χ3v) is 4.33. The molecule has 7 nitrogen and oxygen atoms in total. The number of benzene rings is 2. The fourth-order valence-corrected chi connectivity index (χ4v) is 2.85. The van der Waals surface area contributed by atoms with E-state index >= 15 is 0 Å². The van der Waals surface area contributed by atoms with E-state index in [2.05, 4.69) is 25.6 Å². The number of pyridine rings is 1. The van der Waals surface area contributed by atoms with E-state index in [1.165, 1.54) is 30.6 Å². The second-order valence-corrected chi connectivity index (χ2v) is 6.40. The molecule has 2 heterocycles. The van der Waals surface area contributed by atoms with E-state index < -0.39 is 17.6 Å². The topological polar surface area (TPSA) is 96.9 Å². The van der Waals surface area contributed by atoms with Gasteiger partial charge < -0.3 is 10.6 Å². The highest BCUT2D eigenvalue weighted by Crippen LogP contribution is 2.18. The predicted octanol–water partition coefficient (Wildman–Crippen LogP) is 3.35. The van der Waals surface area contributed by atoms with Gasteiger partial charge in [0.05, 0.1) is 17.2 Å². The van der Waals surface area contributed by atoms with Crippen molar-refractivity contribution in [2.24, 2.45) is 0 Å². The zero-order chi connectivity index (χ0) is 20.9. The Morgan fingerprint density at radius 1 is 0.867 bits per heavy atom. The summed E-state index contributed by atoms with van der Waals surface area (Å²) >= 11 is 0. The Labute approximate surface area is 171 Å². The number of fused-ring (bicyclic) bond motifs is 1. The molecular formula is C22H16FN5O2. The lowest BCUT2D eigenvalue weighted by atomic mass is 10.1. The molecule has 2 aromatic heterocycles. The van der Waals surface area contributed by atoms with E-state index in [1.807, 2.05) is 12.1 Å². The molecule has 2 N–H and O–H groups in total. The number of aromatic nitrogens is 3. The summed E-state index contributed by atoms with van der Waals surface area (Å²) in [6.45, 7) is -0.0110. The van der Waals surface area contributed by atoms with Crippen molar-refractivity contribution in [3.05, 3.63) is 95.8 Å². The van der Waals surface area contributed by atoms with Gasteiger partial charge in [0.25, 0.3) is 11.8 Å². The highest BCUT2D eigenvalue weighted by atomic mass is 19.1. The standard InChI is InChI=1S/C22H16FN5O2/c23-15-8-9-16(28-22(30)19-7-3-4-10-24-19)14(11-15)12-26-21(29)20-13-25-17-5-1-2-6-18(17)27-20/h1-11,13H,12H2,(H,26,29)(H,28,30). The van der Waals surface area contributed by atoms with Crippen LogP contribution in [0.4, 0.5) is 10.1 Å². The quantitative estimate of drug-likeness (QED) is 0.535. The molecule has 2 amide bonds. The smallest absolute Gasteiger partial charge is 0.274 e. The molecule has 0 atom stereocenters. The minimum atomic E-state index is -0.486. The van der Waals surface area contributed by atoms with Crippen molar-refractivity contribution in [3.8, 4) is 0 Å². The van der Waals surface area contributed by atoms with Crippen LogP contribution >= 0.6 is 0 Å². The Morgan fingerprint density at radius 2 is 1.67 bits per heavy atom. The van der Waals surface area contributed by atoms with E-state index in [1.54, 1.807) is 30.3 Å². The number of nitrogens with zero attached hydrogens (tertiary/aromatic N) is 3. The summed E-state index contributed by atoms with van der Waals surface area (Å²) < 4.78 is 13.8. The molecule has 0 aliphatic heterocycles. The molecule has 0 aliphatic carbocycles. The maximum atomic E-state index is 13.8. The molecule has 0 spiro atoms. The second-order valence-electron chi connectivity index (χ2n) is 6.40. The van der Waals surface area contributed by atoms with Gasteiger partial charge >= 0.3 is 0 Å². The van der Waals surface area contributed by atoms with Crippen molar-refractivity contribution in [1.29, 1.82) is 0 Å². The molecule has 0 saturated heterocycles. The molecular weight excluding hydrogens is 385 g/mol. The summed E-state index contributed by atoms with van der Waals surface area (Å²) in [5, 5.41) is 5.38. The van der Waals surface area contributed by atoms with Crippen molar-refractivity contribution in [2.45, 2.75) is 6.54 Å². The molecule has 0 saturated carbocycles. The molecule has 4 aromatic rings. The predicted molar refractivity (Wildman–Crippen MR) is 109 cm³/mol. The number of para-hydroxylation sites is 2. The Balaban J connectivity index is 1.50. The van der Waals surface area contributed by atoms with Crippen LogP contribution in [-0.4, -0.2) is 26.8 Å². The first kappa shape index (κ1) is 19.1. The Hall–Kier alpha value is -4.20. The normalized spacial score (nSPS) is 10.6. The molecule has 148 valence electrons. The number of carbonyl (C=O) groups is 2. The second kappa shape index (κ2) is 8.44. The maximum Gasteiger partial charge on any atom is 0.274 e. The van der Waals surface area contributed by atoms with Crippen molar-refractivity contribution >= 4 is 28.5 Å². The van der Waals surface area contributed by atoms with Gasteiger partial charge in [0.1, 0.15) is 17.2 Å². The summed E-state index contributed by atoms with van der Waals surface area (Å²) in [6.07, 6.45) is 2.89. The average molecular weight is 401 g/mol. The molecule has 0 aliphatic rings.